The first-order valence-electron chi connectivity index (χ1n) is 6.44. The first-order chi connectivity index (χ1) is 10.1. The van der Waals surface area contributed by atoms with Crippen LogP contribution in [0.3, 0.4) is 0 Å². The van der Waals surface area contributed by atoms with Crippen LogP contribution >= 0.6 is 0 Å². The molecule has 0 amide bonds. The van der Waals surface area contributed by atoms with Crippen molar-refractivity contribution in [1.82, 2.24) is 14.6 Å². The van der Waals surface area contributed by atoms with Gasteiger partial charge in [0.05, 0.1) is 20.4 Å². The lowest BCUT2D eigenvalue weighted by Gasteiger charge is -2.09. The number of aromatic nitrogens is 3. The van der Waals surface area contributed by atoms with E-state index in [0.29, 0.717) is 17.1 Å². The second kappa shape index (κ2) is 4.97. The molecule has 1 aromatic carbocycles. The van der Waals surface area contributed by atoms with Gasteiger partial charge in [0.15, 0.2) is 11.5 Å². The Morgan fingerprint density at radius 3 is 2.62 bits per heavy atom. The van der Waals surface area contributed by atoms with E-state index in [0.717, 1.165) is 16.8 Å². The molecule has 21 heavy (non-hydrogen) atoms. The van der Waals surface area contributed by atoms with Gasteiger partial charge in [0.2, 0.25) is 0 Å². The SMILES string of the molecule is COc1ccc(-c2cnn3c(C)cc(=O)[nH]c23)cc1OC. The summed E-state index contributed by atoms with van der Waals surface area (Å²) in [6.45, 7) is 1.84. The molecular weight excluding hydrogens is 270 g/mol. The number of ether oxygens (including phenoxy) is 2. The molecule has 0 saturated carbocycles. The zero-order valence-electron chi connectivity index (χ0n) is 12.0. The van der Waals surface area contributed by atoms with E-state index in [4.69, 9.17) is 9.47 Å². The summed E-state index contributed by atoms with van der Waals surface area (Å²) in [6, 6.07) is 7.10. The lowest BCUT2D eigenvalue weighted by molar-refractivity contribution is 0.355. The van der Waals surface area contributed by atoms with Gasteiger partial charge in [-0.2, -0.15) is 5.10 Å². The molecule has 0 aliphatic carbocycles. The molecular formula is C15H15N3O3. The number of aryl methyl sites for hydroxylation is 1. The van der Waals surface area contributed by atoms with Crippen LogP contribution < -0.4 is 15.0 Å². The van der Waals surface area contributed by atoms with Gasteiger partial charge in [0.1, 0.15) is 5.65 Å². The number of hydrogen-bond donors (Lipinski definition) is 1. The van der Waals surface area contributed by atoms with E-state index in [1.54, 1.807) is 24.9 Å². The van der Waals surface area contributed by atoms with Crippen LogP contribution in [0.5, 0.6) is 11.5 Å². The molecule has 0 fully saturated rings. The van der Waals surface area contributed by atoms with Gasteiger partial charge in [-0.25, -0.2) is 4.52 Å². The summed E-state index contributed by atoms with van der Waals surface area (Å²) in [6.07, 6.45) is 1.72. The largest absolute Gasteiger partial charge is 0.493 e. The Labute approximate surface area is 120 Å². The first kappa shape index (κ1) is 13.2. The number of hydrogen-bond acceptors (Lipinski definition) is 4. The summed E-state index contributed by atoms with van der Waals surface area (Å²) in [5.74, 6) is 1.28. The van der Waals surface area contributed by atoms with E-state index in [1.165, 1.54) is 6.07 Å². The molecule has 1 N–H and O–H groups in total. The van der Waals surface area contributed by atoms with Crippen LogP contribution in [-0.4, -0.2) is 28.8 Å². The maximum atomic E-state index is 11.7. The molecule has 0 aliphatic rings. The third-order valence-corrected chi connectivity index (χ3v) is 3.38. The van der Waals surface area contributed by atoms with Crippen LogP contribution in [0.15, 0.2) is 35.3 Å². The highest BCUT2D eigenvalue weighted by atomic mass is 16.5. The van der Waals surface area contributed by atoms with E-state index < -0.39 is 0 Å². The highest BCUT2D eigenvalue weighted by Crippen LogP contribution is 2.33. The summed E-state index contributed by atoms with van der Waals surface area (Å²) in [5, 5.41) is 4.31. The molecule has 3 aromatic rings. The Morgan fingerprint density at radius 2 is 1.90 bits per heavy atom. The van der Waals surface area contributed by atoms with Crippen LogP contribution in [0.25, 0.3) is 16.8 Å². The number of rotatable bonds is 3. The highest BCUT2D eigenvalue weighted by Gasteiger charge is 2.12. The van der Waals surface area contributed by atoms with Crippen LogP contribution in [0.1, 0.15) is 5.69 Å². The summed E-state index contributed by atoms with van der Waals surface area (Å²) in [7, 11) is 3.18. The standard InChI is InChI=1S/C15H15N3O3/c1-9-6-14(19)17-15-11(8-16-18(9)15)10-4-5-12(20-2)13(7-10)21-3/h4-8H,1-3H3,(H,17,19). The number of benzene rings is 1. The Balaban J connectivity index is 2.23. The molecule has 0 spiro atoms. The number of fused-ring (bicyclic) bond motifs is 1. The Bertz CT molecular complexity index is 864. The van der Waals surface area contributed by atoms with Crippen molar-refractivity contribution in [2.24, 2.45) is 0 Å². The quantitative estimate of drug-likeness (QED) is 0.799. The molecule has 6 heteroatoms. The monoisotopic (exact) mass is 285 g/mol. The third kappa shape index (κ3) is 2.14. The highest BCUT2D eigenvalue weighted by molar-refractivity contribution is 5.78. The molecule has 108 valence electrons. The fraction of sp³-hybridized carbons (Fsp3) is 0.200. The average Bonchev–Trinajstić information content (AvgIpc) is 2.90. The molecule has 6 nitrogen and oxygen atoms in total. The second-order valence-electron chi connectivity index (χ2n) is 4.66. The lowest BCUT2D eigenvalue weighted by atomic mass is 10.1. The molecule has 2 aromatic heterocycles. The van der Waals surface area contributed by atoms with Gasteiger partial charge >= 0.3 is 0 Å². The first-order valence-corrected chi connectivity index (χ1v) is 6.44. The normalized spacial score (nSPS) is 10.8. The molecule has 2 heterocycles. The van der Waals surface area contributed by atoms with Crippen molar-refractivity contribution in [3.63, 3.8) is 0 Å². The van der Waals surface area contributed by atoms with E-state index in [2.05, 4.69) is 10.1 Å². The van der Waals surface area contributed by atoms with Crippen molar-refractivity contribution in [3.8, 4) is 22.6 Å². The van der Waals surface area contributed by atoms with Gasteiger partial charge in [0, 0.05) is 17.3 Å². The van der Waals surface area contributed by atoms with Gasteiger partial charge in [-0.3, -0.25) is 4.79 Å². The van der Waals surface area contributed by atoms with E-state index in [-0.39, 0.29) is 5.56 Å². The minimum absolute atomic E-state index is 0.151. The Hall–Kier alpha value is -2.76. The molecule has 0 atom stereocenters. The van der Waals surface area contributed by atoms with Crippen LogP contribution in [0.2, 0.25) is 0 Å². The molecule has 0 bridgehead atoms. The second-order valence-corrected chi connectivity index (χ2v) is 4.66. The molecule has 0 aliphatic heterocycles. The van der Waals surface area contributed by atoms with Crippen molar-refractivity contribution in [2.45, 2.75) is 6.92 Å². The average molecular weight is 285 g/mol. The number of methoxy groups -OCH3 is 2. The number of H-pyrrole nitrogens is 1. The predicted molar refractivity (Wildman–Crippen MR) is 79.1 cm³/mol. The zero-order valence-corrected chi connectivity index (χ0v) is 12.0. The number of aromatic amines is 1. The van der Waals surface area contributed by atoms with E-state index in [9.17, 15) is 4.79 Å². The minimum atomic E-state index is -0.151. The zero-order chi connectivity index (χ0) is 15.0. The van der Waals surface area contributed by atoms with Crippen LogP contribution in [0, 0.1) is 6.92 Å². The fourth-order valence-electron chi connectivity index (χ4n) is 2.35. The van der Waals surface area contributed by atoms with Gasteiger partial charge in [0.25, 0.3) is 5.56 Å². The van der Waals surface area contributed by atoms with Crippen LogP contribution in [-0.2, 0) is 0 Å². The predicted octanol–water partition coefficient (Wildman–Crippen LogP) is 2.02. The lowest BCUT2D eigenvalue weighted by Crippen LogP contribution is -2.09. The number of nitrogens with one attached hydrogen (secondary N) is 1. The van der Waals surface area contributed by atoms with Crippen molar-refractivity contribution < 1.29 is 9.47 Å². The Kier molecular flexibility index (Phi) is 3.13. The van der Waals surface area contributed by atoms with Gasteiger partial charge in [-0.1, -0.05) is 6.07 Å². The maximum Gasteiger partial charge on any atom is 0.251 e. The smallest absolute Gasteiger partial charge is 0.251 e. The van der Waals surface area contributed by atoms with Crippen molar-refractivity contribution in [3.05, 3.63) is 46.5 Å². The van der Waals surface area contributed by atoms with Crippen molar-refractivity contribution >= 4 is 5.65 Å². The Morgan fingerprint density at radius 1 is 1.14 bits per heavy atom. The van der Waals surface area contributed by atoms with E-state index >= 15 is 0 Å². The van der Waals surface area contributed by atoms with E-state index in [1.807, 2.05) is 25.1 Å². The summed E-state index contributed by atoms with van der Waals surface area (Å²) in [5.41, 5.74) is 3.01. The maximum absolute atomic E-state index is 11.7. The molecule has 0 unspecified atom stereocenters. The topological polar surface area (TPSA) is 68.6 Å². The fourth-order valence-corrected chi connectivity index (χ4v) is 2.35. The molecule has 0 radical (unpaired) electrons. The van der Waals surface area contributed by atoms with Crippen LogP contribution in [0.4, 0.5) is 0 Å². The summed E-state index contributed by atoms with van der Waals surface area (Å²) >= 11 is 0. The van der Waals surface area contributed by atoms with Gasteiger partial charge in [-0.15, -0.1) is 0 Å². The van der Waals surface area contributed by atoms with Gasteiger partial charge < -0.3 is 14.5 Å². The molecule has 0 saturated heterocycles. The third-order valence-electron chi connectivity index (χ3n) is 3.38. The number of nitrogens with zero attached hydrogens (tertiary/aromatic N) is 2. The minimum Gasteiger partial charge on any atom is -0.493 e. The summed E-state index contributed by atoms with van der Waals surface area (Å²) < 4.78 is 12.2. The van der Waals surface area contributed by atoms with Crippen molar-refractivity contribution in [2.75, 3.05) is 14.2 Å². The van der Waals surface area contributed by atoms with Gasteiger partial charge in [-0.05, 0) is 24.6 Å². The summed E-state index contributed by atoms with van der Waals surface area (Å²) in [4.78, 5) is 14.5. The molecule has 3 rings (SSSR count). The van der Waals surface area contributed by atoms with Crippen molar-refractivity contribution in [1.29, 1.82) is 0 Å².